The highest BCUT2D eigenvalue weighted by atomic mass is 32.2. The summed E-state index contributed by atoms with van der Waals surface area (Å²) < 4.78 is 38.9. The number of anilines is 1. The van der Waals surface area contributed by atoms with Crippen LogP contribution in [0.3, 0.4) is 0 Å². The minimum atomic E-state index is -4.00. The smallest absolute Gasteiger partial charge is 0.264 e. The number of hydrogen-bond donors (Lipinski definition) is 0. The quantitative estimate of drug-likeness (QED) is 0.616. The van der Waals surface area contributed by atoms with E-state index in [0.717, 1.165) is 23.9 Å². The number of ether oxygens (including phenoxy) is 2. The first-order valence-corrected chi connectivity index (χ1v) is 11.6. The van der Waals surface area contributed by atoms with E-state index in [1.807, 2.05) is 0 Å². The number of likely N-dealkylation sites (N-methyl/N-ethyl adjacent to an activating group) is 1. The van der Waals surface area contributed by atoms with E-state index in [2.05, 4.69) is 11.8 Å². The molecular weight excluding hydrogens is 418 g/mol. The number of piperazine rings is 1. The molecule has 9 heteroatoms. The van der Waals surface area contributed by atoms with Crippen molar-refractivity contribution in [3.8, 4) is 11.5 Å². The average Bonchev–Trinajstić information content (AvgIpc) is 2.82. The van der Waals surface area contributed by atoms with Gasteiger partial charge in [-0.05, 0) is 30.8 Å². The van der Waals surface area contributed by atoms with Gasteiger partial charge in [-0.2, -0.15) is 0 Å². The van der Waals surface area contributed by atoms with Crippen LogP contribution >= 0.6 is 0 Å². The second-order valence-electron chi connectivity index (χ2n) is 7.18. The topological polar surface area (TPSA) is 79.4 Å². The molecule has 0 aromatic heterocycles. The van der Waals surface area contributed by atoms with Crippen molar-refractivity contribution < 1.29 is 22.7 Å². The van der Waals surface area contributed by atoms with Crippen LogP contribution in [0, 0.1) is 0 Å². The summed E-state index contributed by atoms with van der Waals surface area (Å²) in [5.41, 5.74) is 0.285. The Morgan fingerprint density at radius 3 is 2.26 bits per heavy atom. The van der Waals surface area contributed by atoms with Crippen LogP contribution in [-0.2, 0) is 14.8 Å². The van der Waals surface area contributed by atoms with Crippen LogP contribution in [0.15, 0.2) is 53.4 Å². The molecule has 0 spiro atoms. The SMILES string of the molecule is CCN1CCN(C(=O)CN(c2ccc(OC)cc2OC)S(=O)(=O)c2ccccc2)CC1. The molecule has 0 radical (unpaired) electrons. The lowest BCUT2D eigenvalue weighted by molar-refractivity contribution is -0.131. The van der Waals surface area contributed by atoms with Crippen molar-refractivity contribution in [2.45, 2.75) is 11.8 Å². The van der Waals surface area contributed by atoms with E-state index in [1.54, 1.807) is 41.3 Å². The van der Waals surface area contributed by atoms with Crippen LogP contribution in [0.25, 0.3) is 0 Å². The predicted octanol–water partition coefficient (Wildman–Crippen LogP) is 2.06. The van der Waals surface area contributed by atoms with E-state index in [4.69, 9.17) is 9.47 Å². The molecule has 0 saturated carbocycles. The summed E-state index contributed by atoms with van der Waals surface area (Å²) in [5.74, 6) is 0.593. The molecule has 0 atom stereocenters. The summed E-state index contributed by atoms with van der Waals surface area (Å²) in [4.78, 5) is 17.2. The summed E-state index contributed by atoms with van der Waals surface area (Å²) in [6, 6.07) is 12.9. The third-order valence-corrected chi connectivity index (χ3v) is 7.21. The first-order chi connectivity index (χ1) is 14.9. The molecule has 31 heavy (non-hydrogen) atoms. The highest BCUT2D eigenvalue weighted by molar-refractivity contribution is 7.92. The number of amides is 1. The first-order valence-electron chi connectivity index (χ1n) is 10.2. The number of rotatable bonds is 8. The minimum Gasteiger partial charge on any atom is -0.497 e. The highest BCUT2D eigenvalue weighted by Gasteiger charge is 2.31. The number of carbonyl (C=O) groups excluding carboxylic acids is 1. The lowest BCUT2D eigenvalue weighted by atomic mass is 10.2. The third kappa shape index (κ3) is 5.11. The Hall–Kier alpha value is -2.78. The van der Waals surface area contributed by atoms with Crippen LogP contribution in [0.2, 0.25) is 0 Å². The van der Waals surface area contributed by atoms with Gasteiger partial charge in [-0.15, -0.1) is 0 Å². The van der Waals surface area contributed by atoms with Gasteiger partial charge in [0.25, 0.3) is 10.0 Å². The van der Waals surface area contributed by atoms with Crippen molar-refractivity contribution in [2.24, 2.45) is 0 Å². The lowest BCUT2D eigenvalue weighted by Gasteiger charge is -2.35. The molecule has 1 heterocycles. The number of nitrogens with zero attached hydrogens (tertiary/aromatic N) is 3. The van der Waals surface area contributed by atoms with Crippen molar-refractivity contribution in [3.05, 3.63) is 48.5 Å². The largest absolute Gasteiger partial charge is 0.497 e. The summed E-state index contributed by atoms with van der Waals surface area (Å²) in [6.07, 6.45) is 0. The van der Waals surface area contributed by atoms with Gasteiger partial charge in [0.05, 0.1) is 24.8 Å². The molecule has 168 valence electrons. The van der Waals surface area contributed by atoms with Gasteiger partial charge in [-0.3, -0.25) is 9.10 Å². The number of benzene rings is 2. The van der Waals surface area contributed by atoms with Crippen molar-refractivity contribution in [1.82, 2.24) is 9.80 Å². The van der Waals surface area contributed by atoms with Crippen LogP contribution < -0.4 is 13.8 Å². The van der Waals surface area contributed by atoms with E-state index in [-0.39, 0.29) is 23.0 Å². The third-order valence-electron chi connectivity index (χ3n) is 5.44. The molecule has 3 rings (SSSR count). The second kappa shape index (κ2) is 10.0. The summed E-state index contributed by atoms with van der Waals surface area (Å²) in [5, 5.41) is 0. The number of hydrogen-bond acceptors (Lipinski definition) is 6. The fraction of sp³-hybridized carbons (Fsp3) is 0.409. The molecule has 0 aliphatic carbocycles. The summed E-state index contributed by atoms with van der Waals surface area (Å²) >= 11 is 0. The Bertz CT molecular complexity index is 989. The van der Waals surface area contributed by atoms with Gasteiger partial charge in [0.2, 0.25) is 5.91 Å². The number of methoxy groups -OCH3 is 2. The Kier molecular flexibility index (Phi) is 7.40. The van der Waals surface area contributed by atoms with Gasteiger partial charge in [-0.25, -0.2) is 8.42 Å². The molecule has 0 N–H and O–H groups in total. The summed E-state index contributed by atoms with van der Waals surface area (Å²) in [6.45, 7) is 5.41. The Labute approximate surface area is 184 Å². The highest BCUT2D eigenvalue weighted by Crippen LogP contribution is 2.35. The maximum absolute atomic E-state index is 13.5. The van der Waals surface area contributed by atoms with E-state index in [0.29, 0.717) is 24.6 Å². The van der Waals surface area contributed by atoms with Crippen LogP contribution in [0.5, 0.6) is 11.5 Å². The first kappa shape index (κ1) is 22.9. The molecule has 1 amide bonds. The van der Waals surface area contributed by atoms with Gasteiger partial charge >= 0.3 is 0 Å². The van der Waals surface area contributed by atoms with Crippen molar-refractivity contribution in [2.75, 3.05) is 57.8 Å². The maximum atomic E-state index is 13.5. The Morgan fingerprint density at radius 1 is 1.00 bits per heavy atom. The van der Waals surface area contributed by atoms with E-state index < -0.39 is 10.0 Å². The molecule has 0 unspecified atom stereocenters. The van der Waals surface area contributed by atoms with Gasteiger partial charge in [0.1, 0.15) is 18.0 Å². The molecule has 1 fully saturated rings. The normalized spacial score (nSPS) is 14.9. The van der Waals surface area contributed by atoms with E-state index >= 15 is 0 Å². The Balaban J connectivity index is 1.97. The predicted molar refractivity (Wildman–Crippen MR) is 119 cm³/mol. The molecule has 1 aliphatic rings. The zero-order chi connectivity index (χ0) is 22.4. The van der Waals surface area contributed by atoms with Gasteiger partial charge in [0, 0.05) is 32.2 Å². The standard InChI is InChI=1S/C22H29N3O5S/c1-4-23-12-14-24(15-13-23)22(26)17-25(31(27,28)19-8-6-5-7-9-19)20-11-10-18(29-2)16-21(20)30-3/h5-11,16H,4,12-15,17H2,1-3H3. The zero-order valence-electron chi connectivity index (χ0n) is 18.2. The molecule has 1 saturated heterocycles. The van der Waals surface area contributed by atoms with E-state index in [9.17, 15) is 13.2 Å². The fourth-order valence-electron chi connectivity index (χ4n) is 3.55. The van der Waals surface area contributed by atoms with Crippen molar-refractivity contribution in [1.29, 1.82) is 0 Å². The van der Waals surface area contributed by atoms with Gasteiger partial charge in [0.15, 0.2) is 0 Å². The monoisotopic (exact) mass is 447 g/mol. The zero-order valence-corrected chi connectivity index (χ0v) is 19.0. The molecule has 2 aromatic carbocycles. The lowest BCUT2D eigenvalue weighted by Crippen LogP contribution is -2.51. The summed E-state index contributed by atoms with van der Waals surface area (Å²) in [7, 11) is -1.02. The van der Waals surface area contributed by atoms with Gasteiger partial charge < -0.3 is 19.3 Å². The molecule has 8 nitrogen and oxygen atoms in total. The average molecular weight is 448 g/mol. The van der Waals surface area contributed by atoms with Crippen molar-refractivity contribution >= 4 is 21.6 Å². The van der Waals surface area contributed by atoms with Crippen LogP contribution in [-0.4, -0.2) is 77.6 Å². The van der Waals surface area contributed by atoms with Crippen LogP contribution in [0.4, 0.5) is 5.69 Å². The minimum absolute atomic E-state index is 0.108. The van der Waals surface area contributed by atoms with Gasteiger partial charge in [-0.1, -0.05) is 25.1 Å². The molecular formula is C22H29N3O5S. The molecule has 0 bridgehead atoms. The van der Waals surface area contributed by atoms with Crippen molar-refractivity contribution in [3.63, 3.8) is 0 Å². The molecule has 2 aromatic rings. The second-order valence-corrected chi connectivity index (χ2v) is 9.04. The number of carbonyl (C=O) groups is 1. The fourth-order valence-corrected chi connectivity index (χ4v) is 4.99. The Morgan fingerprint density at radius 2 is 1.68 bits per heavy atom. The molecule has 1 aliphatic heterocycles. The van der Waals surface area contributed by atoms with Crippen LogP contribution in [0.1, 0.15) is 6.92 Å². The maximum Gasteiger partial charge on any atom is 0.264 e. The van der Waals surface area contributed by atoms with E-state index in [1.165, 1.54) is 26.4 Å². The number of sulfonamides is 1.